The van der Waals surface area contributed by atoms with E-state index in [4.69, 9.17) is 4.74 Å². The van der Waals surface area contributed by atoms with Gasteiger partial charge < -0.3 is 4.74 Å². The average Bonchev–Trinajstić information content (AvgIpc) is 2.27. The van der Waals surface area contributed by atoms with Crippen LogP contribution in [0.4, 0.5) is 5.69 Å². The Hall–Kier alpha value is -1.75. The van der Waals surface area contributed by atoms with E-state index in [1.807, 2.05) is 0 Å². The molecule has 0 unspecified atom stereocenters. The number of hydrogen-bond acceptors (Lipinski definition) is 4. The highest BCUT2D eigenvalue weighted by Gasteiger charge is 2.19. The minimum atomic E-state index is -0.487. The third-order valence-corrected chi connectivity index (χ3v) is 2.90. The maximum atomic E-state index is 11.7. The molecular weight excluding hydrogens is 222 g/mol. The van der Waals surface area contributed by atoms with Crippen LogP contribution in [0.15, 0.2) is 24.3 Å². The van der Waals surface area contributed by atoms with Crippen molar-refractivity contribution in [3.63, 3.8) is 0 Å². The second-order valence-corrected chi connectivity index (χ2v) is 4.09. The average molecular weight is 235 g/mol. The van der Waals surface area contributed by atoms with E-state index in [9.17, 15) is 14.9 Å². The monoisotopic (exact) mass is 235 g/mol. The summed E-state index contributed by atoms with van der Waals surface area (Å²) < 4.78 is 5.39. The van der Waals surface area contributed by atoms with E-state index < -0.39 is 4.92 Å². The van der Waals surface area contributed by atoms with Gasteiger partial charge in [-0.2, -0.15) is 0 Å². The molecule has 1 aliphatic carbocycles. The van der Waals surface area contributed by atoms with Crippen molar-refractivity contribution >= 4 is 11.5 Å². The number of nitro benzene ring substituents is 1. The minimum absolute atomic E-state index is 0.0125. The summed E-state index contributed by atoms with van der Waals surface area (Å²) in [4.78, 5) is 21.6. The van der Waals surface area contributed by atoms with Crippen molar-refractivity contribution in [3.8, 4) is 0 Å². The SMILES string of the molecule is O=C(COC1CCC1)c1ccc([N+](=O)[O-])cc1. The van der Waals surface area contributed by atoms with Gasteiger partial charge in [-0.25, -0.2) is 0 Å². The van der Waals surface area contributed by atoms with Crippen molar-refractivity contribution in [2.24, 2.45) is 0 Å². The fourth-order valence-corrected chi connectivity index (χ4v) is 1.58. The van der Waals surface area contributed by atoms with Gasteiger partial charge in [-0.15, -0.1) is 0 Å². The van der Waals surface area contributed by atoms with Gasteiger partial charge in [0.05, 0.1) is 11.0 Å². The number of nitro groups is 1. The molecule has 5 heteroatoms. The fraction of sp³-hybridized carbons (Fsp3) is 0.417. The van der Waals surface area contributed by atoms with Crippen molar-refractivity contribution < 1.29 is 14.5 Å². The van der Waals surface area contributed by atoms with Gasteiger partial charge in [-0.3, -0.25) is 14.9 Å². The zero-order valence-corrected chi connectivity index (χ0v) is 9.30. The van der Waals surface area contributed by atoms with Crippen molar-refractivity contribution in [1.29, 1.82) is 0 Å². The van der Waals surface area contributed by atoms with Gasteiger partial charge >= 0.3 is 0 Å². The van der Waals surface area contributed by atoms with Crippen LogP contribution in [-0.2, 0) is 4.74 Å². The Bertz CT molecular complexity index is 423. The molecule has 0 saturated heterocycles. The molecular formula is C12H13NO4. The summed E-state index contributed by atoms with van der Waals surface area (Å²) in [6, 6.07) is 5.59. The lowest BCUT2D eigenvalue weighted by Crippen LogP contribution is -2.24. The largest absolute Gasteiger partial charge is 0.370 e. The first kappa shape index (κ1) is 11.7. The summed E-state index contributed by atoms with van der Waals surface area (Å²) >= 11 is 0. The quantitative estimate of drug-likeness (QED) is 0.446. The normalized spacial score (nSPS) is 15.3. The third-order valence-electron chi connectivity index (χ3n) is 2.90. The summed E-state index contributed by atoms with van der Waals surface area (Å²) in [5, 5.41) is 10.4. The van der Waals surface area contributed by atoms with Gasteiger partial charge in [-0.1, -0.05) is 0 Å². The van der Waals surface area contributed by atoms with Crippen LogP contribution >= 0.6 is 0 Å². The highest BCUT2D eigenvalue weighted by atomic mass is 16.6. The zero-order valence-electron chi connectivity index (χ0n) is 9.30. The molecule has 1 saturated carbocycles. The van der Waals surface area contributed by atoms with Gasteiger partial charge in [-0.05, 0) is 31.4 Å². The van der Waals surface area contributed by atoms with E-state index >= 15 is 0 Å². The topological polar surface area (TPSA) is 69.4 Å². The van der Waals surface area contributed by atoms with Crippen LogP contribution in [-0.4, -0.2) is 23.4 Å². The molecule has 90 valence electrons. The lowest BCUT2D eigenvalue weighted by molar-refractivity contribution is -0.384. The van der Waals surface area contributed by atoms with E-state index in [1.165, 1.54) is 24.3 Å². The minimum Gasteiger partial charge on any atom is -0.370 e. The van der Waals surface area contributed by atoms with E-state index in [-0.39, 0.29) is 24.2 Å². The standard InChI is InChI=1S/C12H13NO4/c14-12(8-17-11-2-1-3-11)9-4-6-10(7-5-9)13(15)16/h4-7,11H,1-3,8H2. The fourth-order valence-electron chi connectivity index (χ4n) is 1.58. The lowest BCUT2D eigenvalue weighted by Gasteiger charge is -2.24. The molecule has 0 amide bonds. The first-order valence-corrected chi connectivity index (χ1v) is 5.56. The highest BCUT2D eigenvalue weighted by Crippen LogP contribution is 2.22. The number of rotatable bonds is 5. The van der Waals surface area contributed by atoms with Gasteiger partial charge in [0.25, 0.3) is 5.69 Å². The Morgan fingerprint density at radius 2 is 2.00 bits per heavy atom. The number of carbonyl (C=O) groups excluding carboxylic acids is 1. The number of hydrogen-bond donors (Lipinski definition) is 0. The van der Waals surface area contributed by atoms with Gasteiger partial charge in [0.2, 0.25) is 0 Å². The number of ether oxygens (including phenoxy) is 1. The lowest BCUT2D eigenvalue weighted by atomic mass is 9.96. The molecule has 17 heavy (non-hydrogen) atoms. The van der Waals surface area contributed by atoms with Gasteiger partial charge in [0, 0.05) is 17.7 Å². The summed E-state index contributed by atoms with van der Waals surface area (Å²) in [6.07, 6.45) is 3.43. The van der Waals surface area contributed by atoms with E-state index in [1.54, 1.807) is 0 Å². The number of nitrogens with zero attached hydrogens (tertiary/aromatic N) is 1. The van der Waals surface area contributed by atoms with Crippen molar-refractivity contribution in [1.82, 2.24) is 0 Å². The molecule has 0 spiro atoms. The number of benzene rings is 1. The van der Waals surface area contributed by atoms with Crippen molar-refractivity contribution in [3.05, 3.63) is 39.9 Å². The Morgan fingerprint density at radius 1 is 1.35 bits per heavy atom. The molecule has 0 aromatic heterocycles. The van der Waals surface area contributed by atoms with Crippen LogP contribution in [0.1, 0.15) is 29.6 Å². The highest BCUT2D eigenvalue weighted by molar-refractivity contribution is 5.97. The summed E-state index contributed by atoms with van der Waals surface area (Å²) in [7, 11) is 0. The smallest absolute Gasteiger partial charge is 0.269 e. The van der Waals surface area contributed by atoms with E-state index in [2.05, 4.69) is 0 Å². The Morgan fingerprint density at radius 3 is 2.47 bits per heavy atom. The Labute approximate surface area is 98.5 Å². The second-order valence-electron chi connectivity index (χ2n) is 4.09. The van der Waals surface area contributed by atoms with Crippen molar-refractivity contribution in [2.45, 2.75) is 25.4 Å². The number of carbonyl (C=O) groups is 1. The second kappa shape index (κ2) is 5.05. The summed E-state index contributed by atoms with van der Waals surface area (Å²) in [6.45, 7) is 0.0580. The summed E-state index contributed by atoms with van der Waals surface area (Å²) in [5.41, 5.74) is 0.441. The molecule has 0 aliphatic heterocycles. The zero-order chi connectivity index (χ0) is 12.3. The molecule has 1 aromatic rings. The molecule has 5 nitrogen and oxygen atoms in total. The predicted octanol–water partition coefficient (Wildman–Crippen LogP) is 2.35. The Balaban J connectivity index is 1.91. The number of ketones is 1. The molecule has 0 heterocycles. The van der Waals surface area contributed by atoms with Crippen LogP contribution in [0, 0.1) is 10.1 Å². The molecule has 1 aromatic carbocycles. The number of non-ortho nitro benzene ring substituents is 1. The molecule has 1 fully saturated rings. The predicted molar refractivity (Wildman–Crippen MR) is 61.0 cm³/mol. The maximum absolute atomic E-state index is 11.7. The maximum Gasteiger partial charge on any atom is 0.269 e. The molecule has 0 radical (unpaired) electrons. The number of Topliss-reactive ketones (excluding diaryl/α,β-unsaturated/α-hetero) is 1. The molecule has 0 N–H and O–H groups in total. The third kappa shape index (κ3) is 2.88. The van der Waals surface area contributed by atoms with Crippen LogP contribution in [0.25, 0.3) is 0 Å². The Kier molecular flexibility index (Phi) is 3.49. The van der Waals surface area contributed by atoms with Gasteiger partial charge in [0.15, 0.2) is 5.78 Å². The molecule has 2 rings (SSSR count). The molecule has 0 atom stereocenters. The van der Waals surface area contributed by atoms with Crippen molar-refractivity contribution in [2.75, 3.05) is 6.61 Å². The van der Waals surface area contributed by atoms with Crippen LogP contribution in [0.5, 0.6) is 0 Å². The van der Waals surface area contributed by atoms with Crippen LogP contribution in [0.3, 0.4) is 0 Å². The van der Waals surface area contributed by atoms with E-state index in [0.29, 0.717) is 5.56 Å². The van der Waals surface area contributed by atoms with E-state index in [0.717, 1.165) is 19.3 Å². The first-order chi connectivity index (χ1) is 8.16. The summed E-state index contributed by atoms with van der Waals surface area (Å²) in [5.74, 6) is -0.133. The molecule has 0 bridgehead atoms. The molecule has 1 aliphatic rings. The first-order valence-electron chi connectivity index (χ1n) is 5.56. The van der Waals surface area contributed by atoms with Crippen LogP contribution < -0.4 is 0 Å². The van der Waals surface area contributed by atoms with Gasteiger partial charge in [0.1, 0.15) is 6.61 Å². The van der Waals surface area contributed by atoms with Crippen LogP contribution in [0.2, 0.25) is 0 Å².